The maximum absolute atomic E-state index is 13.3. The number of aryl methyl sites for hydroxylation is 2. The third kappa shape index (κ3) is 4.53. The number of anilines is 1. The van der Waals surface area contributed by atoms with E-state index in [1.807, 2.05) is 36.4 Å². The molecule has 5 rings (SSSR count). The van der Waals surface area contributed by atoms with E-state index in [0.29, 0.717) is 12.3 Å². The first kappa shape index (κ1) is 22.5. The molecule has 0 unspecified atom stereocenters. The Labute approximate surface area is 200 Å². The zero-order valence-electron chi connectivity index (χ0n) is 18.9. The van der Waals surface area contributed by atoms with Gasteiger partial charge in [0.25, 0.3) is 15.9 Å². The van der Waals surface area contributed by atoms with Crippen LogP contribution in [0.15, 0.2) is 77.7 Å². The van der Waals surface area contributed by atoms with Crippen molar-refractivity contribution in [3.05, 3.63) is 89.5 Å². The third-order valence-electron chi connectivity index (χ3n) is 6.55. The molecule has 0 fully saturated rings. The SMILES string of the molecule is O=C(COc1ccc(S(=O)(=O)N2CCCc3ccccc32)cc1)N[C@H]1CCCc2ccccc21. The van der Waals surface area contributed by atoms with E-state index >= 15 is 0 Å². The van der Waals surface area contributed by atoms with Crippen LogP contribution in [0, 0.1) is 0 Å². The highest BCUT2D eigenvalue weighted by molar-refractivity contribution is 7.92. The molecular formula is C27H28N2O4S. The summed E-state index contributed by atoms with van der Waals surface area (Å²) in [6.07, 6.45) is 4.66. The Balaban J connectivity index is 1.22. The van der Waals surface area contributed by atoms with Gasteiger partial charge in [-0.2, -0.15) is 0 Å². The Hall–Kier alpha value is -3.32. The molecule has 0 saturated carbocycles. The van der Waals surface area contributed by atoms with E-state index < -0.39 is 10.0 Å². The maximum atomic E-state index is 13.3. The summed E-state index contributed by atoms with van der Waals surface area (Å²) in [7, 11) is -3.67. The fraction of sp³-hybridized carbons (Fsp3) is 0.296. The first-order valence-electron chi connectivity index (χ1n) is 11.7. The van der Waals surface area contributed by atoms with Gasteiger partial charge in [0.05, 0.1) is 16.6 Å². The topological polar surface area (TPSA) is 75.7 Å². The van der Waals surface area contributed by atoms with Crippen molar-refractivity contribution in [2.45, 2.75) is 43.0 Å². The normalized spacial score (nSPS) is 17.4. The van der Waals surface area contributed by atoms with Crippen LogP contribution in [0.5, 0.6) is 5.75 Å². The minimum Gasteiger partial charge on any atom is -0.484 e. The molecule has 1 N–H and O–H groups in total. The Kier molecular flexibility index (Phi) is 6.28. The summed E-state index contributed by atoms with van der Waals surface area (Å²) in [6.45, 7) is 0.340. The highest BCUT2D eigenvalue weighted by Crippen LogP contribution is 2.32. The van der Waals surface area contributed by atoms with Crippen LogP contribution < -0.4 is 14.4 Å². The quantitative estimate of drug-likeness (QED) is 0.572. The van der Waals surface area contributed by atoms with Crippen LogP contribution in [0.2, 0.25) is 0 Å². The van der Waals surface area contributed by atoms with Gasteiger partial charge in [0, 0.05) is 6.54 Å². The number of hydrogen-bond donors (Lipinski definition) is 1. The second kappa shape index (κ2) is 9.50. The van der Waals surface area contributed by atoms with Crippen LogP contribution in [0.3, 0.4) is 0 Å². The molecular weight excluding hydrogens is 448 g/mol. The van der Waals surface area contributed by atoms with E-state index in [9.17, 15) is 13.2 Å². The fourth-order valence-corrected chi connectivity index (χ4v) is 6.41. The predicted octanol–water partition coefficient (Wildman–Crippen LogP) is 4.40. The van der Waals surface area contributed by atoms with E-state index in [0.717, 1.165) is 43.4 Å². The molecule has 6 nitrogen and oxygen atoms in total. The van der Waals surface area contributed by atoms with Crippen LogP contribution >= 0.6 is 0 Å². The van der Waals surface area contributed by atoms with Crippen molar-refractivity contribution in [3.63, 3.8) is 0 Å². The molecule has 3 aromatic rings. The van der Waals surface area contributed by atoms with Gasteiger partial charge in [-0.15, -0.1) is 0 Å². The fourth-order valence-electron chi connectivity index (χ4n) is 4.87. The molecule has 0 radical (unpaired) electrons. The van der Waals surface area contributed by atoms with E-state index in [4.69, 9.17) is 4.74 Å². The predicted molar refractivity (Wildman–Crippen MR) is 131 cm³/mol. The lowest BCUT2D eigenvalue weighted by Gasteiger charge is -2.30. The van der Waals surface area contributed by atoms with Crippen molar-refractivity contribution in [1.29, 1.82) is 0 Å². The summed E-state index contributed by atoms with van der Waals surface area (Å²) in [5, 5.41) is 3.07. The molecule has 1 amide bonds. The first-order chi connectivity index (χ1) is 16.5. The molecule has 34 heavy (non-hydrogen) atoms. The molecule has 0 spiro atoms. The highest BCUT2D eigenvalue weighted by Gasteiger charge is 2.29. The monoisotopic (exact) mass is 476 g/mol. The number of ether oxygens (including phenoxy) is 1. The minimum absolute atomic E-state index is 0.000916. The number of nitrogens with one attached hydrogen (secondary N) is 1. The number of rotatable bonds is 6. The van der Waals surface area contributed by atoms with E-state index in [1.54, 1.807) is 12.1 Å². The Morgan fingerprint density at radius 2 is 1.62 bits per heavy atom. The van der Waals surface area contributed by atoms with Gasteiger partial charge in [-0.1, -0.05) is 42.5 Å². The molecule has 1 atom stereocenters. The number of hydrogen-bond acceptors (Lipinski definition) is 4. The van der Waals surface area contributed by atoms with Crippen LogP contribution in [0.4, 0.5) is 5.69 Å². The van der Waals surface area contributed by atoms with E-state index in [2.05, 4.69) is 17.4 Å². The van der Waals surface area contributed by atoms with Gasteiger partial charge in [-0.3, -0.25) is 9.10 Å². The number of sulfonamides is 1. The Morgan fingerprint density at radius 3 is 2.44 bits per heavy atom. The van der Waals surface area contributed by atoms with Crippen LogP contribution in [-0.2, 0) is 27.7 Å². The largest absolute Gasteiger partial charge is 0.484 e. The number of nitrogens with zero attached hydrogens (tertiary/aromatic N) is 1. The second-order valence-electron chi connectivity index (χ2n) is 8.78. The van der Waals surface area contributed by atoms with Crippen LogP contribution in [0.25, 0.3) is 0 Å². The van der Waals surface area contributed by atoms with Crippen molar-refractivity contribution in [2.24, 2.45) is 0 Å². The summed E-state index contributed by atoms with van der Waals surface area (Å²) in [4.78, 5) is 12.7. The zero-order valence-corrected chi connectivity index (χ0v) is 19.8. The molecule has 0 bridgehead atoms. The standard InChI is InChI=1S/C27H28N2O4S/c30-27(28-25-12-5-9-20-7-1-3-11-24(20)25)19-33-22-14-16-23(17-15-22)34(31,32)29-18-6-10-21-8-2-4-13-26(21)29/h1-4,7-8,11,13-17,25H,5-6,9-10,12,18-19H2,(H,28,30)/t25-/m0/s1. The van der Waals surface area contributed by atoms with Gasteiger partial charge < -0.3 is 10.1 Å². The smallest absolute Gasteiger partial charge is 0.264 e. The third-order valence-corrected chi connectivity index (χ3v) is 8.38. The van der Waals surface area contributed by atoms with Gasteiger partial charge in [0.2, 0.25) is 0 Å². The molecule has 0 aromatic heterocycles. The zero-order chi connectivity index (χ0) is 23.5. The second-order valence-corrected chi connectivity index (χ2v) is 10.6. The molecule has 1 aliphatic carbocycles. The van der Waals surface area contributed by atoms with Crippen LogP contribution in [-0.4, -0.2) is 27.5 Å². The van der Waals surface area contributed by atoms with Gasteiger partial charge in [0.15, 0.2) is 6.61 Å². The molecule has 176 valence electrons. The molecule has 1 aliphatic heterocycles. The lowest BCUT2D eigenvalue weighted by molar-refractivity contribution is -0.124. The Bertz CT molecular complexity index is 1290. The molecule has 0 saturated heterocycles. The van der Waals surface area contributed by atoms with Gasteiger partial charge >= 0.3 is 0 Å². The summed E-state index contributed by atoms with van der Waals surface area (Å²) in [5.41, 5.74) is 4.25. The lowest BCUT2D eigenvalue weighted by Crippen LogP contribution is -2.35. The summed E-state index contributed by atoms with van der Waals surface area (Å²) < 4.78 is 33.7. The summed E-state index contributed by atoms with van der Waals surface area (Å²) in [5.74, 6) is 0.264. The average molecular weight is 477 g/mol. The lowest BCUT2D eigenvalue weighted by atomic mass is 9.88. The van der Waals surface area contributed by atoms with E-state index in [1.165, 1.54) is 27.6 Å². The maximum Gasteiger partial charge on any atom is 0.264 e. The molecule has 7 heteroatoms. The number of para-hydroxylation sites is 1. The van der Waals surface area contributed by atoms with Crippen molar-refractivity contribution in [3.8, 4) is 5.75 Å². The number of fused-ring (bicyclic) bond motifs is 2. The molecule has 1 heterocycles. The minimum atomic E-state index is -3.67. The molecule has 3 aromatic carbocycles. The Morgan fingerprint density at radius 1 is 0.912 bits per heavy atom. The summed E-state index contributed by atoms with van der Waals surface area (Å²) in [6, 6.07) is 22.1. The van der Waals surface area contributed by atoms with Crippen molar-refractivity contribution in [1.82, 2.24) is 5.32 Å². The highest BCUT2D eigenvalue weighted by atomic mass is 32.2. The number of amides is 1. The average Bonchev–Trinajstić information content (AvgIpc) is 2.87. The summed E-state index contributed by atoms with van der Waals surface area (Å²) >= 11 is 0. The molecule has 2 aliphatic rings. The van der Waals surface area contributed by atoms with Gasteiger partial charge in [-0.05, 0) is 79.1 Å². The van der Waals surface area contributed by atoms with Crippen LogP contribution in [0.1, 0.15) is 42.0 Å². The van der Waals surface area contributed by atoms with Gasteiger partial charge in [0.1, 0.15) is 5.75 Å². The first-order valence-corrected chi connectivity index (χ1v) is 13.2. The number of carbonyl (C=O) groups excluding carboxylic acids is 1. The number of carbonyl (C=O) groups is 1. The van der Waals surface area contributed by atoms with Crippen molar-refractivity contribution < 1.29 is 17.9 Å². The number of benzene rings is 3. The van der Waals surface area contributed by atoms with Crippen molar-refractivity contribution >= 4 is 21.6 Å². The van der Waals surface area contributed by atoms with E-state index in [-0.39, 0.29) is 23.5 Å². The van der Waals surface area contributed by atoms with Gasteiger partial charge in [-0.25, -0.2) is 8.42 Å². The van der Waals surface area contributed by atoms with Crippen molar-refractivity contribution in [2.75, 3.05) is 17.5 Å².